The normalized spacial score (nSPS) is 11.9. The molecule has 1 unspecified atom stereocenters. The number of amides is 3. The Balaban J connectivity index is 4.36. The van der Waals surface area contributed by atoms with Crippen molar-refractivity contribution in [2.24, 2.45) is 5.41 Å². The van der Waals surface area contributed by atoms with Gasteiger partial charge in [0.25, 0.3) is 0 Å². The average molecular weight is 269 g/mol. The molecule has 0 saturated carbocycles. The highest BCUT2D eigenvalue weighted by atomic mass is 16.4. The third kappa shape index (κ3) is 5.77. The first-order valence-electron chi connectivity index (χ1n) is 5.67. The van der Waals surface area contributed by atoms with E-state index in [9.17, 15) is 14.4 Å². The van der Waals surface area contributed by atoms with Crippen LogP contribution in [0.1, 0.15) is 20.3 Å². The summed E-state index contributed by atoms with van der Waals surface area (Å²) in [6.45, 7) is 3.38. The van der Waals surface area contributed by atoms with Crippen molar-refractivity contribution in [3.05, 3.63) is 0 Å². The van der Waals surface area contributed by atoms with Gasteiger partial charge in [-0.25, -0.2) is 9.59 Å². The zero-order valence-electron chi connectivity index (χ0n) is 11.2. The number of carbonyl (C=O) groups excluding carboxylic acids is 2. The maximum Gasteiger partial charge on any atom is 0.327 e. The third-order valence-electron chi connectivity index (χ3n) is 2.46. The first-order chi connectivity index (χ1) is 8.74. The highest BCUT2D eigenvalue weighted by molar-refractivity contribution is 5.84. The Morgan fingerprint density at radius 1 is 1.37 bits per heavy atom. The molecule has 3 amide bonds. The van der Waals surface area contributed by atoms with Crippen molar-refractivity contribution < 1.29 is 19.5 Å². The van der Waals surface area contributed by atoms with Gasteiger partial charge in [-0.1, -0.05) is 0 Å². The molecule has 0 aliphatic carbocycles. The fourth-order valence-corrected chi connectivity index (χ4v) is 1.25. The zero-order valence-corrected chi connectivity index (χ0v) is 11.2. The lowest BCUT2D eigenvalue weighted by Crippen LogP contribution is -2.50. The van der Waals surface area contributed by atoms with Gasteiger partial charge in [0, 0.05) is 20.0 Å². The second kappa shape index (κ2) is 7.26. The van der Waals surface area contributed by atoms with Gasteiger partial charge in [-0.15, -0.1) is 12.3 Å². The molecule has 0 aromatic carbocycles. The minimum absolute atomic E-state index is 0.0703. The molecule has 7 heteroatoms. The summed E-state index contributed by atoms with van der Waals surface area (Å²) in [4.78, 5) is 33.8. The molecule has 1 atom stereocenters. The van der Waals surface area contributed by atoms with Crippen molar-refractivity contribution in [3.8, 4) is 12.3 Å². The maximum absolute atomic E-state index is 11.5. The van der Waals surface area contributed by atoms with Crippen LogP contribution in [0, 0.1) is 17.8 Å². The van der Waals surface area contributed by atoms with E-state index >= 15 is 0 Å². The molecule has 0 spiro atoms. The van der Waals surface area contributed by atoms with E-state index < -0.39 is 23.5 Å². The van der Waals surface area contributed by atoms with Crippen molar-refractivity contribution in [1.29, 1.82) is 0 Å². The van der Waals surface area contributed by atoms with Gasteiger partial charge in [0.05, 0.1) is 5.41 Å². The van der Waals surface area contributed by atoms with Crippen molar-refractivity contribution >= 4 is 17.9 Å². The Labute approximate surface area is 112 Å². The Kier molecular flexibility index (Phi) is 6.41. The van der Waals surface area contributed by atoms with Gasteiger partial charge in [0.15, 0.2) is 0 Å². The van der Waals surface area contributed by atoms with E-state index in [2.05, 4.69) is 21.9 Å². The molecule has 0 radical (unpaired) electrons. The summed E-state index contributed by atoms with van der Waals surface area (Å²) in [5.41, 5.74) is -0.795. The van der Waals surface area contributed by atoms with E-state index in [0.29, 0.717) is 0 Å². The fourth-order valence-electron chi connectivity index (χ4n) is 1.25. The number of carboxylic acid groups (broad SMARTS) is 1. The van der Waals surface area contributed by atoms with Gasteiger partial charge >= 0.3 is 12.0 Å². The average Bonchev–Trinajstić information content (AvgIpc) is 2.34. The van der Waals surface area contributed by atoms with Crippen molar-refractivity contribution in [2.75, 3.05) is 13.6 Å². The van der Waals surface area contributed by atoms with Crippen LogP contribution in [-0.4, -0.2) is 42.6 Å². The quantitative estimate of drug-likeness (QED) is 0.489. The third-order valence-corrected chi connectivity index (χ3v) is 2.46. The number of aliphatic carboxylic acids is 1. The van der Waals surface area contributed by atoms with Gasteiger partial charge in [-0.05, 0) is 13.8 Å². The summed E-state index contributed by atoms with van der Waals surface area (Å²) in [5, 5.41) is 15.9. The molecular weight excluding hydrogens is 250 g/mol. The molecule has 0 aromatic heterocycles. The highest BCUT2D eigenvalue weighted by Gasteiger charge is 2.27. The van der Waals surface area contributed by atoms with Crippen LogP contribution in [0.15, 0.2) is 0 Å². The van der Waals surface area contributed by atoms with E-state index in [1.54, 1.807) is 13.8 Å². The second-order valence-corrected chi connectivity index (χ2v) is 4.59. The summed E-state index contributed by atoms with van der Waals surface area (Å²) < 4.78 is 0. The standard InChI is InChI=1S/C12H19N3O4/c1-5-6-8(9(16)17)15-11(19)14-7-12(2,3)10(18)13-4/h1,8H,6-7H2,2-4H3,(H,13,18)(H,16,17)(H2,14,15,19). The van der Waals surface area contributed by atoms with Crippen LogP contribution in [0.25, 0.3) is 0 Å². The van der Waals surface area contributed by atoms with Crippen LogP contribution in [0.3, 0.4) is 0 Å². The number of urea groups is 1. The van der Waals surface area contributed by atoms with Crippen LogP contribution >= 0.6 is 0 Å². The van der Waals surface area contributed by atoms with Gasteiger partial charge in [-0.2, -0.15) is 0 Å². The summed E-state index contributed by atoms with van der Waals surface area (Å²) in [6.07, 6.45) is 4.90. The lowest BCUT2D eigenvalue weighted by molar-refractivity contribution is -0.139. The topological polar surface area (TPSA) is 108 Å². The zero-order chi connectivity index (χ0) is 15.1. The summed E-state index contributed by atoms with van der Waals surface area (Å²) in [5.74, 6) is 0.727. The molecule has 19 heavy (non-hydrogen) atoms. The van der Waals surface area contributed by atoms with E-state index in [0.717, 1.165) is 0 Å². The number of carboxylic acids is 1. The Morgan fingerprint density at radius 2 is 1.95 bits per heavy atom. The van der Waals surface area contributed by atoms with E-state index in [-0.39, 0.29) is 18.9 Å². The monoisotopic (exact) mass is 269 g/mol. The molecule has 0 fully saturated rings. The van der Waals surface area contributed by atoms with Crippen molar-refractivity contribution in [3.63, 3.8) is 0 Å². The molecule has 0 heterocycles. The molecular formula is C12H19N3O4. The molecule has 0 aromatic rings. The second-order valence-electron chi connectivity index (χ2n) is 4.59. The van der Waals surface area contributed by atoms with Crippen LogP contribution < -0.4 is 16.0 Å². The number of hydrogen-bond donors (Lipinski definition) is 4. The summed E-state index contributed by atoms with van der Waals surface area (Å²) >= 11 is 0. The molecule has 0 aliphatic rings. The SMILES string of the molecule is C#CCC(NC(=O)NCC(C)(C)C(=O)NC)C(=O)O. The minimum atomic E-state index is -1.21. The lowest BCUT2D eigenvalue weighted by Gasteiger charge is -2.23. The number of terminal acetylenes is 1. The minimum Gasteiger partial charge on any atom is -0.480 e. The largest absolute Gasteiger partial charge is 0.480 e. The molecule has 106 valence electrons. The van der Waals surface area contributed by atoms with Crippen molar-refractivity contribution in [1.82, 2.24) is 16.0 Å². The first-order valence-corrected chi connectivity index (χ1v) is 5.67. The van der Waals surface area contributed by atoms with Gasteiger partial charge in [0.2, 0.25) is 5.91 Å². The van der Waals surface area contributed by atoms with Crippen LogP contribution in [0.5, 0.6) is 0 Å². The van der Waals surface area contributed by atoms with Gasteiger partial charge in [-0.3, -0.25) is 4.79 Å². The number of nitrogens with one attached hydrogen (secondary N) is 3. The van der Waals surface area contributed by atoms with E-state index in [1.807, 2.05) is 0 Å². The van der Waals surface area contributed by atoms with Crippen LogP contribution in [0.4, 0.5) is 4.79 Å². The first kappa shape index (κ1) is 16.8. The number of carbonyl (C=O) groups is 3. The van der Waals surface area contributed by atoms with Gasteiger partial charge in [0.1, 0.15) is 6.04 Å². The van der Waals surface area contributed by atoms with Crippen molar-refractivity contribution in [2.45, 2.75) is 26.3 Å². The predicted molar refractivity (Wildman–Crippen MR) is 69.3 cm³/mol. The Morgan fingerprint density at radius 3 is 2.37 bits per heavy atom. The predicted octanol–water partition coefficient (Wildman–Crippen LogP) is -0.466. The molecule has 0 rings (SSSR count). The smallest absolute Gasteiger partial charge is 0.327 e. The van der Waals surface area contributed by atoms with Gasteiger partial charge < -0.3 is 21.1 Å². The molecule has 7 nitrogen and oxygen atoms in total. The Hall–Kier alpha value is -2.23. The van der Waals surface area contributed by atoms with Crippen LogP contribution in [0.2, 0.25) is 0 Å². The Bertz CT molecular complexity index is 398. The molecule has 0 bridgehead atoms. The van der Waals surface area contributed by atoms with Crippen LogP contribution in [-0.2, 0) is 9.59 Å². The number of rotatable bonds is 6. The fraction of sp³-hybridized carbons (Fsp3) is 0.583. The van der Waals surface area contributed by atoms with E-state index in [4.69, 9.17) is 11.5 Å². The summed E-state index contributed by atoms with van der Waals surface area (Å²) in [7, 11) is 1.50. The molecule has 4 N–H and O–H groups in total. The molecule has 0 saturated heterocycles. The summed E-state index contributed by atoms with van der Waals surface area (Å²) in [6, 6.07) is -1.83. The molecule has 0 aliphatic heterocycles. The number of hydrogen-bond acceptors (Lipinski definition) is 3. The highest BCUT2D eigenvalue weighted by Crippen LogP contribution is 2.12. The lowest BCUT2D eigenvalue weighted by atomic mass is 9.92. The van der Waals surface area contributed by atoms with E-state index in [1.165, 1.54) is 7.05 Å². The maximum atomic E-state index is 11.5.